The van der Waals surface area contributed by atoms with Gasteiger partial charge in [0.15, 0.2) is 0 Å². The smallest absolute Gasteiger partial charge is 0.339 e. The molecule has 7 heteroatoms. The molecule has 1 aromatic heterocycles. The van der Waals surface area contributed by atoms with Gasteiger partial charge in [0.2, 0.25) is 6.20 Å². The average Bonchev–Trinajstić information content (AvgIpc) is 2.59. The molecule has 2 aromatic rings. The fraction of sp³-hybridized carbons (Fsp3) is 0.176. The fourth-order valence-corrected chi connectivity index (χ4v) is 1.86. The van der Waals surface area contributed by atoms with Gasteiger partial charge in [0.1, 0.15) is 12.4 Å². The number of rotatable bonds is 7. The molecule has 0 radical (unpaired) electrons. The Morgan fingerprint density at radius 3 is 2.83 bits per heavy atom. The van der Waals surface area contributed by atoms with E-state index >= 15 is 0 Å². The van der Waals surface area contributed by atoms with Crippen LogP contribution in [0.5, 0.6) is 5.75 Å². The minimum absolute atomic E-state index is 0.214. The van der Waals surface area contributed by atoms with Crippen LogP contribution in [0.15, 0.2) is 48.8 Å². The first-order valence-corrected chi connectivity index (χ1v) is 7.25. The van der Waals surface area contributed by atoms with Gasteiger partial charge >= 0.3 is 5.97 Å². The summed E-state index contributed by atoms with van der Waals surface area (Å²) in [5.41, 5.74) is 1.69. The summed E-state index contributed by atoms with van der Waals surface area (Å²) < 4.78 is 10.5. The van der Waals surface area contributed by atoms with Crippen molar-refractivity contribution in [2.24, 2.45) is 0 Å². The van der Waals surface area contributed by atoms with Crippen molar-refractivity contribution in [2.75, 3.05) is 6.61 Å². The normalized spacial score (nSPS) is 10.5. The van der Waals surface area contributed by atoms with Crippen molar-refractivity contribution in [3.05, 3.63) is 75.7 Å². The van der Waals surface area contributed by atoms with Gasteiger partial charge in [0.05, 0.1) is 22.8 Å². The molecule has 7 nitrogen and oxygen atoms in total. The standard InChI is InChI=1S/C17H16N2O5/c1-2-23-17(20)14-6-7-15(18-11-14)12-24-16-5-3-4-13(10-16)8-9-19(21)22/h3-11H,2,12H2,1H3/b9-8+. The molecular formula is C17H16N2O5. The largest absolute Gasteiger partial charge is 0.487 e. The van der Waals surface area contributed by atoms with Crippen LogP contribution in [0, 0.1) is 10.1 Å². The maximum atomic E-state index is 11.5. The Kier molecular flexibility index (Phi) is 6.01. The summed E-state index contributed by atoms with van der Waals surface area (Å²) in [5.74, 6) is 0.152. The van der Waals surface area contributed by atoms with Crippen LogP contribution in [0.1, 0.15) is 28.5 Å². The molecule has 1 heterocycles. The van der Waals surface area contributed by atoms with E-state index in [1.165, 1.54) is 12.3 Å². The lowest BCUT2D eigenvalue weighted by Crippen LogP contribution is -2.06. The highest BCUT2D eigenvalue weighted by atomic mass is 16.6. The number of esters is 1. The Balaban J connectivity index is 1.97. The third-order valence-electron chi connectivity index (χ3n) is 2.97. The number of pyridine rings is 1. The number of carbonyl (C=O) groups excluding carboxylic acids is 1. The van der Waals surface area contributed by atoms with Crippen molar-refractivity contribution in [1.82, 2.24) is 4.98 Å². The second-order valence-electron chi connectivity index (χ2n) is 4.72. The highest BCUT2D eigenvalue weighted by Crippen LogP contribution is 2.16. The molecule has 0 N–H and O–H groups in total. The van der Waals surface area contributed by atoms with Crippen molar-refractivity contribution < 1.29 is 19.2 Å². The molecule has 0 unspecified atom stereocenters. The van der Waals surface area contributed by atoms with Gasteiger partial charge in [-0.15, -0.1) is 0 Å². The van der Waals surface area contributed by atoms with Crippen LogP contribution in [0.25, 0.3) is 6.08 Å². The first-order chi connectivity index (χ1) is 11.6. The number of hydrogen-bond donors (Lipinski definition) is 0. The summed E-state index contributed by atoms with van der Waals surface area (Å²) in [6.45, 7) is 2.26. The van der Waals surface area contributed by atoms with E-state index in [1.807, 2.05) is 0 Å². The maximum Gasteiger partial charge on any atom is 0.339 e. The van der Waals surface area contributed by atoms with E-state index in [4.69, 9.17) is 9.47 Å². The third kappa shape index (κ3) is 5.20. The number of carbonyl (C=O) groups is 1. The third-order valence-corrected chi connectivity index (χ3v) is 2.97. The predicted octanol–water partition coefficient (Wildman–Crippen LogP) is 3.08. The van der Waals surface area contributed by atoms with Crippen LogP contribution in [0.2, 0.25) is 0 Å². The molecule has 0 amide bonds. The van der Waals surface area contributed by atoms with Gasteiger partial charge < -0.3 is 9.47 Å². The van der Waals surface area contributed by atoms with Gasteiger partial charge in [0, 0.05) is 12.3 Å². The molecule has 0 aliphatic rings. The van der Waals surface area contributed by atoms with Gasteiger partial charge in [-0.05, 0) is 36.8 Å². The molecule has 0 spiro atoms. The lowest BCUT2D eigenvalue weighted by molar-refractivity contribution is -0.400. The summed E-state index contributed by atoms with van der Waals surface area (Å²) in [6, 6.07) is 10.2. The predicted molar refractivity (Wildman–Crippen MR) is 87.0 cm³/mol. The lowest BCUT2D eigenvalue weighted by Gasteiger charge is -2.07. The summed E-state index contributed by atoms with van der Waals surface area (Å²) in [7, 11) is 0. The van der Waals surface area contributed by atoms with Crippen molar-refractivity contribution in [3.63, 3.8) is 0 Å². The topological polar surface area (TPSA) is 91.6 Å². The molecule has 24 heavy (non-hydrogen) atoms. The number of hydrogen-bond acceptors (Lipinski definition) is 6. The number of aromatic nitrogens is 1. The van der Waals surface area contributed by atoms with Gasteiger partial charge in [-0.2, -0.15) is 0 Å². The molecule has 0 aliphatic heterocycles. The van der Waals surface area contributed by atoms with Gasteiger partial charge in [-0.3, -0.25) is 15.1 Å². The fourth-order valence-electron chi connectivity index (χ4n) is 1.86. The van der Waals surface area contributed by atoms with E-state index in [0.717, 1.165) is 6.20 Å². The Hall–Kier alpha value is -3.22. The zero-order chi connectivity index (χ0) is 17.4. The number of nitrogens with zero attached hydrogens (tertiary/aromatic N) is 2. The number of ether oxygens (including phenoxy) is 2. The van der Waals surface area contributed by atoms with Crippen LogP contribution < -0.4 is 4.74 Å². The summed E-state index contributed by atoms with van der Waals surface area (Å²) in [5, 5.41) is 10.3. The number of benzene rings is 1. The highest BCUT2D eigenvalue weighted by molar-refractivity contribution is 5.88. The number of nitro groups is 1. The van der Waals surface area contributed by atoms with E-state index in [9.17, 15) is 14.9 Å². The Morgan fingerprint density at radius 2 is 2.17 bits per heavy atom. The van der Waals surface area contributed by atoms with Crippen molar-refractivity contribution in [2.45, 2.75) is 13.5 Å². The summed E-state index contributed by atoms with van der Waals surface area (Å²) in [4.78, 5) is 25.5. The van der Waals surface area contributed by atoms with Crippen LogP contribution in [0.4, 0.5) is 0 Å². The molecule has 124 valence electrons. The Morgan fingerprint density at radius 1 is 1.33 bits per heavy atom. The van der Waals surface area contributed by atoms with Crippen LogP contribution in [-0.2, 0) is 11.3 Å². The van der Waals surface area contributed by atoms with Gasteiger partial charge in [-0.1, -0.05) is 12.1 Å². The van der Waals surface area contributed by atoms with E-state index in [2.05, 4.69) is 4.98 Å². The summed E-state index contributed by atoms with van der Waals surface area (Å²) >= 11 is 0. The van der Waals surface area contributed by atoms with Crippen molar-refractivity contribution >= 4 is 12.0 Å². The molecular weight excluding hydrogens is 312 g/mol. The van der Waals surface area contributed by atoms with E-state index in [-0.39, 0.29) is 6.61 Å². The van der Waals surface area contributed by atoms with Gasteiger partial charge in [-0.25, -0.2) is 4.79 Å². The maximum absolute atomic E-state index is 11.5. The highest BCUT2D eigenvalue weighted by Gasteiger charge is 2.07. The summed E-state index contributed by atoms with van der Waals surface area (Å²) in [6.07, 6.45) is 3.70. The average molecular weight is 328 g/mol. The Labute approximate surface area is 138 Å². The van der Waals surface area contributed by atoms with Crippen LogP contribution >= 0.6 is 0 Å². The van der Waals surface area contributed by atoms with Crippen LogP contribution in [0.3, 0.4) is 0 Å². The zero-order valence-electron chi connectivity index (χ0n) is 13.0. The van der Waals surface area contributed by atoms with E-state index in [1.54, 1.807) is 43.3 Å². The van der Waals surface area contributed by atoms with Gasteiger partial charge in [0.25, 0.3) is 0 Å². The van der Waals surface area contributed by atoms with Crippen LogP contribution in [-0.4, -0.2) is 22.5 Å². The molecule has 0 saturated heterocycles. The quantitative estimate of drug-likeness (QED) is 0.440. The van der Waals surface area contributed by atoms with E-state index < -0.39 is 10.9 Å². The first kappa shape index (κ1) is 17.1. The van der Waals surface area contributed by atoms with Crippen molar-refractivity contribution in [1.29, 1.82) is 0 Å². The molecule has 0 fully saturated rings. The SMILES string of the molecule is CCOC(=O)c1ccc(COc2cccc(/C=C/[N+](=O)[O-])c2)nc1. The zero-order valence-corrected chi connectivity index (χ0v) is 13.0. The molecule has 0 aliphatic carbocycles. The lowest BCUT2D eigenvalue weighted by atomic mass is 10.2. The second-order valence-corrected chi connectivity index (χ2v) is 4.72. The second kappa shape index (κ2) is 8.42. The molecule has 0 bridgehead atoms. The molecule has 0 saturated carbocycles. The monoisotopic (exact) mass is 328 g/mol. The minimum Gasteiger partial charge on any atom is -0.487 e. The van der Waals surface area contributed by atoms with Crippen molar-refractivity contribution in [3.8, 4) is 5.75 Å². The first-order valence-electron chi connectivity index (χ1n) is 7.25. The minimum atomic E-state index is -0.525. The Bertz CT molecular complexity index is 741. The molecule has 1 aromatic carbocycles. The molecule has 2 rings (SSSR count). The van der Waals surface area contributed by atoms with E-state index in [0.29, 0.717) is 29.2 Å². The molecule has 0 atom stereocenters.